The number of aryl methyl sites for hydroxylation is 3. The number of fused-ring (bicyclic) bond motifs is 3. The molecule has 114 valence electrons. The predicted octanol–water partition coefficient (Wildman–Crippen LogP) is 1.56. The van der Waals surface area contributed by atoms with Gasteiger partial charge in [-0.15, -0.1) is 0 Å². The number of ether oxygens (including phenoxy) is 1. The molecule has 0 aromatic heterocycles. The van der Waals surface area contributed by atoms with Gasteiger partial charge in [0.2, 0.25) is 5.91 Å². The molecule has 2 aliphatic heterocycles. The van der Waals surface area contributed by atoms with Crippen molar-refractivity contribution in [2.24, 2.45) is 5.92 Å². The van der Waals surface area contributed by atoms with Crippen LogP contribution in [0.5, 0.6) is 0 Å². The molecule has 2 aliphatic rings. The second-order valence-electron chi connectivity index (χ2n) is 6.51. The van der Waals surface area contributed by atoms with Crippen LogP contribution in [0.2, 0.25) is 0 Å². The Bertz CT molecular complexity index is 533. The Morgan fingerprint density at radius 3 is 2.62 bits per heavy atom. The third-order valence-corrected chi connectivity index (χ3v) is 4.53. The summed E-state index contributed by atoms with van der Waals surface area (Å²) < 4.78 is 5.58. The molecule has 2 atom stereocenters. The molecule has 2 saturated heterocycles. The van der Waals surface area contributed by atoms with Crippen LogP contribution in [0, 0.1) is 26.7 Å². The van der Waals surface area contributed by atoms with Gasteiger partial charge >= 0.3 is 0 Å². The lowest BCUT2D eigenvalue weighted by atomic mass is 9.99. The van der Waals surface area contributed by atoms with E-state index in [1.807, 2.05) is 0 Å². The molecule has 4 heteroatoms. The average Bonchev–Trinajstić information content (AvgIpc) is 2.62. The van der Waals surface area contributed by atoms with Crippen LogP contribution in [0.1, 0.15) is 22.3 Å². The second-order valence-corrected chi connectivity index (χ2v) is 6.51. The van der Waals surface area contributed by atoms with Crippen LogP contribution in [-0.2, 0) is 16.1 Å². The quantitative estimate of drug-likeness (QED) is 0.898. The molecule has 1 aromatic rings. The van der Waals surface area contributed by atoms with E-state index >= 15 is 0 Å². The summed E-state index contributed by atoms with van der Waals surface area (Å²) in [5.74, 6) is 0.112. The second kappa shape index (κ2) is 5.78. The van der Waals surface area contributed by atoms with Crippen molar-refractivity contribution in [2.45, 2.75) is 33.4 Å². The Kier molecular flexibility index (Phi) is 4.00. The first-order chi connectivity index (χ1) is 10.0. The zero-order chi connectivity index (χ0) is 15.0. The number of amides is 1. The number of benzene rings is 1. The largest absolute Gasteiger partial charge is 0.378 e. The average molecular weight is 288 g/mol. The number of hydrogen-bond donors (Lipinski definition) is 1. The Morgan fingerprint density at radius 2 is 1.90 bits per heavy atom. The van der Waals surface area contributed by atoms with E-state index in [1.54, 1.807) is 0 Å². The molecule has 2 heterocycles. The van der Waals surface area contributed by atoms with Gasteiger partial charge in [-0.25, -0.2) is 0 Å². The fraction of sp³-hybridized carbons (Fsp3) is 0.588. The van der Waals surface area contributed by atoms with Gasteiger partial charge in [0.25, 0.3) is 0 Å². The number of carbonyl (C=O) groups excluding carboxylic acids is 1. The number of nitrogens with one attached hydrogen (secondary N) is 1. The summed E-state index contributed by atoms with van der Waals surface area (Å²) in [7, 11) is 0. The van der Waals surface area contributed by atoms with E-state index in [0.29, 0.717) is 13.2 Å². The van der Waals surface area contributed by atoms with Crippen LogP contribution in [0.4, 0.5) is 0 Å². The van der Waals surface area contributed by atoms with E-state index in [2.05, 4.69) is 43.1 Å². The predicted molar refractivity (Wildman–Crippen MR) is 82.2 cm³/mol. The van der Waals surface area contributed by atoms with Gasteiger partial charge in [0.05, 0.1) is 25.2 Å². The Morgan fingerprint density at radius 1 is 1.19 bits per heavy atom. The molecule has 0 saturated carbocycles. The lowest BCUT2D eigenvalue weighted by Gasteiger charge is -2.28. The maximum absolute atomic E-state index is 12.1. The summed E-state index contributed by atoms with van der Waals surface area (Å²) in [6, 6.07) is 4.61. The summed E-state index contributed by atoms with van der Waals surface area (Å²) in [5.41, 5.74) is 5.40. The molecule has 4 nitrogen and oxygen atoms in total. The van der Waals surface area contributed by atoms with Gasteiger partial charge in [0, 0.05) is 19.6 Å². The van der Waals surface area contributed by atoms with Crippen LogP contribution in [-0.4, -0.2) is 43.2 Å². The first-order valence-electron chi connectivity index (χ1n) is 7.70. The molecule has 1 amide bonds. The van der Waals surface area contributed by atoms with Gasteiger partial charge in [-0.1, -0.05) is 17.7 Å². The molecule has 2 bridgehead atoms. The highest BCUT2D eigenvalue weighted by molar-refractivity contribution is 5.79. The molecule has 0 spiro atoms. The molecule has 1 aromatic carbocycles. The molecule has 2 fully saturated rings. The minimum atomic E-state index is -0.0384. The van der Waals surface area contributed by atoms with Gasteiger partial charge in [-0.05, 0) is 37.5 Å². The van der Waals surface area contributed by atoms with Crippen molar-refractivity contribution < 1.29 is 9.53 Å². The van der Waals surface area contributed by atoms with Gasteiger partial charge < -0.3 is 10.1 Å². The van der Waals surface area contributed by atoms with Crippen LogP contribution in [0.25, 0.3) is 0 Å². The van der Waals surface area contributed by atoms with Crippen molar-refractivity contribution in [3.63, 3.8) is 0 Å². The Labute approximate surface area is 126 Å². The lowest BCUT2D eigenvalue weighted by Crippen LogP contribution is -2.41. The summed E-state index contributed by atoms with van der Waals surface area (Å²) >= 11 is 0. The molecule has 0 unspecified atom stereocenters. The van der Waals surface area contributed by atoms with E-state index in [1.165, 1.54) is 22.3 Å². The van der Waals surface area contributed by atoms with Crippen molar-refractivity contribution in [3.8, 4) is 0 Å². The van der Waals surface area contributed by atoms with Crippen molar-refractivity contribution >= 4 is 5.91 Å². The molecule has 1 N–H and O–H groups in total. The van der Waals surface area contributed by atoms with Crippen molar-refractivity contribution in [2.75, 3.05) is 26.3 Å². The summed E-state index contributed by atoms with van der Waals surface area (Å²) in [6.45, 7) is 10.3. The molecule has 3 rings (SSSR count). The SMILES string of the molecule is Cc1cc(C)c(CN2C[C@H]3COC[C@@H](C2)C(=O)N3)c(C)c1. The highest BCUT2D eigenvalue weighted by Gasteiger charge is 2.33. The van der Waals surface area contributed by atoms with Gasteiger partial charge in [0.1, 0.15) is 0 Å². The monoisotopic (exact) mass is 288 g/mol. The fourth-order valence-electron chi connectivity index (χ4n) is 3.53. The zero-order valence-electron chi connectivity index (χ0n) is 13.1. The normalized spacial score (nSPS) is 26.3. The van der Waals surface area contributed by atoms with Crippen LogP contribution < -0.4 is 5.32 Å². The van der Waals surface area contributed by atoms with E-state index in [4.69, 9.17) is 4.74 Å². The van der Waals surface area contributed by atoms with Crippen molar-refractivity contribution in [1.29, 1.82) is 0 Å². The molecular weight excluding hydrogens is 264 g/mol. The first-order valence-corrected chi connectivity index (χ1v) is 7.70. The smallest absolute Gasteiger partial charge is 0.227 e. The highest BCUT2D eigenvalue weighted by atomic mass is 16.5. The van der Waals surface area contributed by atoms with Crippen LogP contribution in [0.15, 0.2) is 12.1 Å². The van der Waals surface area contributed by atoms with E-state index in [0.717, 1.165) is 19.6 Å². The van der Waals surface area contributed by atoms with Gasteiger partial charge in [0.15, 0.2) is 0 Å². The van der Waals surface area contributed by atoms with Crippen molar-refractivity contribution in [1.82, 2.24) is 10.2 Å². The van der Waals surface area contributed by atoms with E-state index < -0.39 is 0 Å². The first kappa shape index (κ1) is 14.5. The number of carbonyl (C=O) groups is 1. The summed E-state index contributed by atoms with van der Waals surface area (Å²) in [6.07, 6.45) is 0. The maximum Gasteiger partial charge on any atom is 0.227 e. The van der Waals surface area contributed by atoms with Crippen LogP contribution >= 0.6 is 0 Å². The van der Waals surface area contributed by atoms with Crippen LogP contribution in [0.3, 0.4) is 0 Å². The minimum absolute atomic E-state index is 0.0384. The number of nitrogens with zero attached hydrogens (tertiary/aromatic N) is 1. The highest BCUT2D eigenvalue weighted by Crippen LogP contribution is 2.21. The van der Waals surface area contributed by atoms with Gasteiger partial charge in [-0.3, -0.25) is 9.69 Å². The lowest BCUT2D eigenvalue weighted by molar-refractivity contribution is -0.125. The standard InChI is InChI=1S/C17H24N2O2/c1-11-4-12(2)16(13(3)5-11)8-19-6-14-9-21-10-15(7-19)18-17(14)20/h4-5,14-15H,6-10H2,1-3H3,(H,18,20)/t14-,15+/m1/s1. The van der Waals surface area contributed by atoms with Gasteiger partial charge in [-0.2, -0.15) is 0 Å². The Balaban J connectivity index is 1.81. The third kappa shape index (κ3) is 3.11. The summed E-state index contributed by atoms with van der Waals surface area (Å²) in [4.78, 5) is 14.5. The third-order valence-electron chi connectivity index (χ3n) is 4.53. The topological polar surface area (TPSA) is 41.6 Å². The Hall–Kier alpha value is -1.39. The number of rotatable bonds is 2. The molecular formula is C17H24N2O2. The maximum atomic E-state index is 12.1. The fourth-order valence-corrected chi connectivity index (χ4v) is 3.53. The zero-order valence-corrected chi connectivity index (χ0v) is 13.1. The molecule has 0 aliphatic carbocycles. The number of hydrogen-bond acceptors (Lipinski definition) is 3. The van der Waals surface area contributed by atoms with Crippen molar-refractivity contribution in [3.05, 3.63) is 34.4 Å². The summed E-state index contributed by atoms with van der Waals surface area (Å²) in [5, 5.41) is 3.09. The van der Waals surface area contributed by atoms with E-state index in [9.17, 15) is 4.79 Å². The minimum Gasteiger partial charge on any atom is -0.378 e. The molecule has 0 radical (unpaired) electrons. The molecule has 21 heavy (non-hydrogen) atoms. The van der Waals surface area contributed by atoms with E-state index in [-0.39, 0.29) is 17.9 Å².